The van der Waals surface area contributed by atoms with Crippen LogP contribution in [0.4, 0.5) is 0 Å². The molecule has 0 aliphatic heterocycles. The lowest BCUT2D eigenvalue weighted by atomic mass is 9.57. The minimum Gasteiger partial charge on any atom is -0.293 e. The first-order valence-corrected chi connectivity index (χ1v) is 11.8. The van der Waals surface area contributed by atoms with Crippen LogP contribution in [-0.2, 0) is 16.6 Å². The van der Waals surface area contributed by atoms with Gasteiger partial charge in [0.05, 0.1) is 27.0 Å². The molecule has 7 heteroatoms. The quantitative estimate of drug-likeness (QED) is 0.359. The van der Waals surface area contributed by atoms with Gasteiger partial charge >= 0.3 is 0 Å². The molecule has 0 radical (unpaired) electrons. The first-order valence-electron chi connectivity index (χ1n) is 11.1. The van der Waals surface area contributed by atoms with Crippen molar-refractivity contribution >= 4 is 41.3 Å². The van der Waals surface area contributed by atoms with E-state index >= 15 is 0 Å². The zero-order valence-corrected chi connectivity index (χ0v) is 20.8. The normalized spacial score (nSPS) is 24.3. The standard InChI is InChI=1S/C27H24Cl2N4O/c1-5-16(10-11-31-4)26-32-23(17-6-9-21(28)22(29)12-17)19-7-8-20-15(2)24(34)18(14-30)13-27(20,3)25(19)33-26/h5-6,9-13,15,20H,4,7-8H2,1-3H3/b11-10-,16-5+/t15-,20-,27-/m1/s1. The number of rotatable bonds is 4. The summed E-state index contributed by atoms with van der Waals surface area (Å²) < 4.78 is 0. The van der Waals surface area contributed by atoms with Crippen molar-refractivity contribution in [2.75, 3.05) is 0 Å². The lowest BCUT2D eigenvalue weighted by Crippen LogP contribution is -2.46. The van der Waals surface area contributed by atoms with Gasteiger partial charge in [0.1, 0.15) is 6.07 Å². The molecule has 172 valence electrons. The molecule has 0 amide bonds. The number of hydrogen-bond donors (Lipinski definition) is 0. The van der Waals surface area contributed by atoms with Gasteiger partial charge in [0.2, 0.25) is 0 Å². The number of halogens is 2. The first kappa shape index (κ1) is 24.1. The van der Waals surface area contributed by atoms with Crippen molar-refractivity contribution in [3.05, 3.63) is 75.3 Å². The number of hydrogen-bond acceptors (Lipinski definition) is 5. The second-order valence-corrected chi connectivity index (χ2v) is 9.66. The number of ketones is 1. The number of Topliss-reactive ketones (excluding diaryl/α,β-unsaturated/α-hetero) is 1. The zero-order chi connectivity index (χ0) is 24.6. The number of carbonyl (C=O) groups excluding carboxylic acids is 1. The van der Waals surface area contributed by atoms with Gasteiger partial charge in [0.25, 0.3) is 0 Å². The zero-order valence-electron chi connectivity index (χ0n) is 19.3. The van der Waals surface area contributed by atoms with Gasteiger partial charge in [-0.05, 0) is 50.6 Å². The average Bonchev–Trinajstić information content (AvgIpc) is 2.83. The summed E-state index contributed by atoms with van der Waals surface area (Å²) in [5.41, 5.74) is 3.83. The van der Waals surface area contributed by atoms with E-state index in [0.717, 1.165) is 34.5 Å². The van der Waals surface area contributed by atoms with Gasteiger partial charge in [0, 0.05) is 34.2 Å². The Balaban J connectivity index is 2.05. The van der Waals surface area contributed by atoms with Gasteiger partial charge in [0.15, 0.2) is 11.6 Å². The van der Waals surface area contributed by atoms with E-state index in [9.17, 15) is 10.1 Å². The molecule has 0 unspecified atom stereocenters. The van der Waals surface area contributed by atoms with Gasteiger partial charge in [-0.3, -0.25) is 9.79 Å². The topological polar surface area (TPSA) is 79.0 Å². The Hall–Kier alpha value is -3.07. The lowest BCUT2D eigenvalue weighted by Gasteiger charge is -2.45. The third-order valence-corrected chi connectivity index (χ3v) is 7.70. The molecule has 0 N–H and O–H groups in total. The molecule has 4 rings (SSSR count). The van der Waals surface area contributed by atoms with E-state index < -0.39 is 5.41 Å². The molecule has 2 aliphatic carbocycles. The highest BCUT2D eigenvalue weighted by Crippen LogP contribution is 2.50. The number of benzene rings is 1. The second-order valence-electron chi connectivity index (χ2n) is 8.84. The van der Waals surface area contributed by atoms with Crippen LogP contribution in [0.3, 0.4) is 0 Å². The number of fused-ring (bicyclic) bond motifs is 3. The summed E-state index contributed by atoms with van der Waals surface area (Å²) in [5, 5.41) is 10.6. The number of aliphatic imine (C=N–C) groups is 1. The fourth-order valence-corrected chi connectivity index (χ4v) is 5.51. The van der Waals surface area contributed by atoms with E-state index in [2.05, 4.69) is 24.7 Å². The molecule has 0 bridgehead atoms. The van der Waals surface area contributed by atoms with Crippen molar-refractivity contribution in [2.45, 2.75) is 39.0 Å². The molecule has 2 aromatic rings. The van der Waals surface area contributed by atoms with Crippen molar-refractivity contribution in [1.82, 2.24) is 9.97 Å². The highest BCUT2D eigenvalue weighted by Gasteiger charge is 2.49. The minimum atomic E-state index is -0.589. The van der Waals surface area contributed by atoms with Crippen molar-refractivity contribution in [1.29, 1.82) is 5.26 Å². The lowest BCUT2D eigenvalue weighted by molar-refractivity contribution is -0.121. The van der Waals surface area contributed by atoms with E-state index in [1.54, 1.807) is 18.3 Å². The Labute approximate surface area is 209 Å². The third kappa shape index (κ3) is 3.91. The van der Waals surface area contributed by atoms with Crippen LogP contribution in [0.25, 0.3) is 16.8 Å². The number of carbonyl (C=O) groups is 1. The van der Waals surface area contributed by atoms with Crippen LogP contribution < -0.4 is 0 Å². The van der Waals surface area contributed by atoms with Crippen LogP contribution in [0, 0.1) is 23.2 Å². The highest BCUT2D eigenvalue weighted by molar-refractivity contribution is 6.42. The van der Waals surface area contributed by atoms with Crippen LogP contribution in [0.2, 0.25) is 10.0 Å². The average molecular weight is 491 g/mol. The molecule has 0 fully saturated rings. The van der Waals surface area contributed by atoms with E-state index in [-0.39, 0.29) is 23.2 Å². The van der Waals surface area contributed by atoms with Crippen molar-refractivity contribution in [2.24, 2.45) is 16.8 Å². The van der Waals surface area contributed by atoms with E-state index in [1.165, 1.54) is 0 Å². The van der Waals surface area contributed by atoms with Crippen LogP contribution in [0.15, 0.2) is 53.2 Å². The van der Waals surface area contributed by atoms with Crippen LogP contribution in [-0.4, -0.2) is 22.5 Å². The van der Waals surface area contributed by atoms with Crippen molar-refractivity contribution in [3.63, 3.8) is 0 Å². The second kappa shape index (κ2) is 9.29. The summed E-state index contributed by atoms with van der Waals surface area (Å²) in [7, 11) is 0. The molecule has 1 aromatic heterocycles. The first-order chi connectivity index (χ1) is 16.2. The molecule has 34 heavy (non-hydrogen) atoms. The van der Waals surface area contributed by atoms with E-state index in [1.807, 2.05) is 38.1 Å². The molecule has 3 atom stereocenters. The summed E-state index contributed by atoms with van der Waals surface area (Å²) in [6, 6.07) is 7.57. The Kier molecular flexibility index (Phi) is 6.58. The Bertz CT molecular complexity index is 1330. The van der Waals surface area contributed by atoms with Crippen molar-refractivity contribution in [3.8, 4) is 17.3 Å². The summed E-state index contributed by atoms with van der Waals surface area (Å²) in [6.07, 6.45) is 8.63. The van der Waals surface area contributed by atoms with Gasteiger partial charge in [-0.1, -0.05) is 55.3 Å². The fraction of sp³-hybridized carbons (Fsp3) is 0.296. The number of nitrogens with zero attached hydrogens (tertiary/aromatic N) is 4. The SMILES string of the molecule is C=N/C=C\C(=C/C)c1nc(-c2ccc(Cl)c(Cl)c2)c2c(n1)[C@]1(C)C=C(C#N)C(=O)[C@H](C)[C@H]1CC2. The molecule has 5 nitrogen and oxygen atoms in total. The maximum atomic E-state index is 12.8. The Morgan fingerprint density at radius 2 is 2.09 bits per heavy atom. The summed E-state index contributed by atoms with van der Waals surface area (Å²) in [5.74, 6) is 0.200. The highest BCUT2D eigenvalue weighted by atomic mass is 35.5. The molecule has 1 aromatic carbocycles. The predicted octanol–water partition coefficient (Wildman–Crippen LogP) is 6.56. The molecule has 0 spiro atoms. The number of allylic oxidation sites excluding steroid dienone is 5. The van der Waals surface area contributed by atoms with Crippen LogP contribution >= 0.6 is 23.2 Å². The van der Waals surface area contributed by atoms with Gasteiger partial charge < -0.3 is 0 Å². The van der Waals surface area contributed by atoms with Gasteiger partial charge in [-0.15, -0.1) is 0 Å². The monoisotopic (exact) mass is 490 g/mol. The van der Waals surface area contributed by atoms with Gasteiger partial charge in [-0.25, -0.2) is 9.97 Å². The Morgan fingerprint density at radius 3 is 2.74 bits per heavy atom. The summed E-state index contributed by atoms with van der Waals surface area (Å²) >= 11 is 12.5. The summed E-state index contributed by atoms with van der Waals surface area (Å²) in [4.78, 5) is 26.6. The Morgan fingerprint density at radius 1 is 1.32 bits per heavy atom. The maximum Gasteiger partial charge on any atom is 0.176 e. The number of nitriles is 1. The van der Waals surface area contributed by atoms with Gasteiger partial charge in [-0.2, -0.15) is 5.26 Å². The maximum absolute atomic E-state index is 12.8. The largest absolute Gasteiger partial charge is 0.293 e. The molecular formula is C27H24Cl2N4O. The summed E-state index contributed by atoms with van der Waals surface area (Å²) in [6.45, 7) is 9.40. The molecule has 1 heterocycles. The van der Waals surface area contributed by atoms with E-state index in [4.69, 9.17) is 33.2 Å². The molecule has 2 aliphatic rings. The molecule has 0 saturated heterocycles. The smallest absolute Gasteiger partial charge is 0.176 e. The molecular weight excluding hydrogens is 467 g/mol. The third-order valence-electron chi connectivity index (χ3n) is 6.96. The fourth-order valence-electron chi connectivity index (χ4n) is 5.22. The van der Waals surface area contributed by atoms with Crippen LogP contribution in [0.1, 0.15) is 44.3 Å². The van der Waals surface area contributed by atoms with Crippen molar-refractivity contribution < 1.29 is 4.79 Å². The predicted molar refractivity (Wildman–Crippen MR) is 137 cm³/mol. The van der Waals surface area contributed by atoms with E-state index in [0.29, 0.717) is 22.3 Å². The van der Waals surface area contributed by atoms with Crippen LogP contribution in [0.5, 0.6) is 0 Å². The number of aromatic nitrogens is 2. The molecule has 0 saturated carbocycles. The minimum absolute atomic E-state index is 0.0356.